The van der Waals surface area contributed by atoms with Gasteiger partial charge >= 0.3 is 5.97 Å². The first-order chi connectivity index (χ1) is 8.73. The van der Waals surface area contributed by atoms with E-state index in [9.17, 15) is 14.7 Å². The van der Waals surface area contributed by atoms with Crippen LogP contribution in [-0.4, -0.2) is 60.7 Å². The molecule has 1 rings (SSSR count). The molecule has 1 aromatic heterocycles. The van der Waals surface area contributed by atoms with Crippen molar-refractivity contribution in [3.8, 4) is 0 Å². The van der Waals surface area contributed by atoms with Crippen LogP contribution in [0.5, 0.6) is 0 Å². The van der Waals surface area contributed by atoms with Crippen molar-refractivity contribution in [3.63, 3.8) is 0 Å². The number of hydrogen-bond donors (Lipinski definition) is 2. The van der Waals surface area contributed by atoms with Crippen LogP contribution in [0.15, 0.2) is 6.20 Å². The number of nitrogens with zero attached hydrogens (tertiary/aromatic N) is 4. The monoisotopic (exact) mass is 270 g/mol. The van der Waals surface area contributed by atoms with Crippen LogP contribution >= 0.6 is 0 Å². The molecule has 0 aliphatic rings. The highest BCUT2D eigenvalue weighted by molar-refractivity contribution is 5.92. The second kappa shape index (κ2) is 5.79. The van der Waals surface area contributed by atoms with Crippen molar-refractivity contribution >= 4 is 11.9 Å². The summed E-state index contributed by atoms with van der Waals surface area (Å²) in [6, 6.07) is 0. The van der Waals surface area contributed by atoms with Crippen LogP contribution < -0.4 is 0 Å². The third-order valence-electron chi connectivity index (χ3n) is 2.30. The van der Waals surface area contributed by atoms with Crippen molar-refractivity contribution in [2.45, 2.75) is 32.9 Å². The molecule has 0 aromatic carbocycles. The number of rotatable bonds is 6. The summed E-state index contributed by atoms with van der Waals surface area (Å²) in [6.45, 7) is 5.21. The highest BCUT2D eigenvalue weighted by Gasteiger charge is 2.24. The number of aliphatic carboxylic acids is 1. The van der Waals surface area contributed by atoms with Crippen LogP contribution in [0.3, 0.4) is 0 Å². The minimum atomic E-state index is -1.06. The molecule has 19 heavy (non-hydrogen) atoms. The van der Waals surface area contributed by atoms with Crippen LogP contribution in [0, 0.1) is 0 Å². The molecule has 0 spiro atoms. The molecular weight excluding hydrogens is 252 g/mol. The molecule has 8 nitrogen and oxygen atoms in total. The first kappa shape index (κ1) is 15.1. The lowest BCUT2D eigenvalue weighted by Crippen LogP contribution is -2.42. The first-order valence-corrected chi connectivity index (χ1v) is 5.86. The fraction of sp³-hybridized carbons (Fsp3) is 0.636. The van der Waals surface area contributed by atoms with E-state index in [4.69, 9.17) is 5.11 Å². The molecule has 0 aliphatic heterocycles. The van der Waals surface area contributed by atoms with Gasteiger partial charge in [-0.05, 0) is 20.8 Å². The van der Waals surface area contributed by atoms with E-state index in [0.717, 1.165) is 4.68 Å². The quantitative estimate of drug-likeness (QED) is 0.727. The number of hydrogen-bond acceptors (Lipinski definition) is 5. The molecule has 0 saturated carbocycles. The molecular formula is C11H18N4O4. The summed E-state index contributed by atoms with van der Waals surface area (Å²) in [4.78, 5) is 24.0. The number of carboxylic acid groups (broad SMARTS) is 1. The SMILES string of the molecule is CCN(CC(C)(C)O)C(=O)c1cn(CC(=O)O)nn1. The zero-order valence-electron chi connectivity index (χ0n) is 11.2. The molecule has 0 unspecified atom stereocenters. The van der Waals surface area contributed by atoms with Crippen LogP contribution in [0.25, 0.3) is 0 Å². The van der Waals surface area contributed by atoms with Crippen molar-refractivity contribution in [1.29, 1.82) is 0 Å². The summed E-state index contributed by atoms with van der Waals surface area (Å²) < 4.78 is 1.08. The third kappa shape index (κ3) is 4.66. The molecule has 1 heterocycles. The van der Waals surface area contributed by atoms with Gasteiger partial charge in [0.05, 0.1) is 11.8 Å². The van der Waals surface area contributed by atoms with Gasteiger partial charge in [-0.25, -0.2) is 4.68 Å². The molecule has 0 bridgehead atoms. The topological polar surface area (TPSA) is 109 Å². The van der Waals surface area contributed by atoms with Gasteiger partial charge < -0.3 is 15.1 Å². The second-order valence-corrected chi connectivity index (χ2v) is 4.83. The lowest BCUT2D eigenvalue weighted by molar-refractivity contribution is -0.137. The minimum Gasteiger partial charge on any atom is -0.480 e. The predicted molar refractivity (Wildman–Crippen MR) is 65.5 cm³/mol. The number of aromatic nitrogens is 3. The Hall–Kier alpha value is -1.96. The van der Waals surface area contributed by atoms with Gasteiger partial charge in [-0.1, -0.05) is 5.21 Å². The van der Waals surface area contributed by atoms with E-state index in [1.54, 1.807) is 20.8 Å². The van der Waals surface area contributed by atoms with E-state index in [1.165, 1.54) is 11.1 Å². The molecule has 1 amide bonds. The minimum absolute atomic E-state index is 0.0624. The van der Waals surface area contributed by atoms with Gasteiger partial charge in [0.2, 0.25) is 0 Å². The Morgan fingerprint density at radius 1 is 1.47 bits per heavy atom. The molecule has 0 saturated heterocycles. The molecule has 8 heteroatoms. The molecule has 106 valence electrons. The van der Waals surface area contributed by atoms with E-state index < -0.39 is 11.6 Å². The van der Waals surface area contributed by atoms with Gasteiger partial charge in [0.1, 0.15) is 6.54 Å². The van der Waals surface area contributed by atoms with Gasteiger partial charge in [0, 0.05) is 13.1 Å². The standard InChI is InChI=1S/C11H18N4O4/c1-4-14(7-11(2,3)19)10(18)8-5-15(13-12-8)6-9(16)17/h5,19H,4,6-7H2,1-3H3,(H,16,17). The smallest absolute Gasteiger partial charge is 0.325 e. The Bertz CT molecular complexity index is 464. The van der Waals surface area contributed by atoms with E-state index in [1.807, 2.05) is 0 Å². The Morgan fingerprint density at radius 2 is 2.11 bits per heavy atom. The fourth-order valence-corrected chi connectivity index (χ4v) is 1.57. The Labute approximate surface area is 110 Å². The van der Waals surface area contributed by atoms with E-state index in [2.05, 4.69) is 10.3 Å². The second-order valence-electron chi connectivity index (χ2n) is 4.83. The maximum absolute atomic E-state index is 12.1. The first-order valence-electron chi connectivity index (χ1n) is 5.86. The predicted octanol–water partition coefficient (Wildman–Crippen LogP) is -0.404. The number of aliphatic hydroxyl groups is 1. The summed E-state index contributed by atoms with van der Waals surface area (Å²) >= 11 is 0. The van der Waals surface area contributed by atoms with Crippen molar-refractivity contribution in [1.82, 2.24) is 19.9 Å². The maximum atomic E-state index is 12.1. The molecule has 2 N–H and O–H groups in total. The summed E-state index contributed by atoms with van der Waals surface area (Å²) in [5, 5.41) is 25.5. The van der Waals surface area contributed by atoms with E-state index >= 15 is 0 Å². The van der Waals surface area contributed by atoms with Gasteiger partial charge in [-0.2, -0.15) is 0 Å². The van der Waals surface area contributed by atoms with E-state index in [0.29, 0.717) is 6.54 Å². The third-order valence-corrected chi connectivity index (χ3v) is 2.30. The van der Waals surface area contributed by atoms with Crippen molar-refractivity contribution < 1.29 is 19.8 Å². The van der Waals surface area contributed by atoms with E-state index in [-0.39, 0.29) is 24.7 Å². The maximum Gasteiger partial charge on any atom is 0.325 e. The van der Waals surface area contributed by atoms with Crippen LogP contribution in [0.2, 0.25) is 0 Å². The molecule has 0 aliphatic carbocycles. The van der Waals surface area contributed by atoms with Gasteiger partial charge in [-0.3, -0.25) is 9.59 Å². The summed E-state index contributed by atoms with van der Waals surface area (Å²) in [5.74, 6) is -1.45. The molecule has 0 fully saturated rings. The highest BCUT2D eigenvalue weighted by Crippen LogP contribution is 2.08. The zero-order valence-corrected chi connectivity index (χ0v) is 11.2. The summed E-state index contributed by atoms with van der Waals surface area (Å²) in [6.07, 6.45) is 1.28. The number of likely N-dealkylation sites (N-methyl/N-ethyl adjacent to an activating group) is 1. The Kier molecular flexibility index (Phi) is 4.60. The summed E-state index contributed by atoms with van der Waals surface area (Å²) in [5.41, 5.74) is -0.949. The fourth-order valence-electron chi connectivity index (χ4n) is 1.57. The number of carboxylic acids is 1. The zero-order chi connectivity index (χ0) is 14.6. The van der Waals surface area contributed by atoms with Gasteiger partial charge in [0.15, 0.2) is 5.69 Å². The largest absolute Gasteiger partial charge is 0.480 e. The normalized spacial score (nSPS) is 11.4. The molecule has 1 aromatic rings. The average Bonchev–Trinajstić information content (AvgIpc) is 2.71. The lowest BCUT2D eigenvalue weighted by atomic mass is 10.1. The summed E-state index contributed by atoms with van der Waals surface area (Å²) in [7, 11) is 0. The molecule has 0 radical (unpaired) electrons. The number of carbonyl (C=O) groups excluding carboxylic acids is 1. The van der Waals surface area contributed by atoms with Crippen LogP contribution in [-0.2, 0) is 11.3 Å². The lowest BCUT2D eigenvalue weighted by Gasteiger charge is -2.27. The number of amides is 1. The Morgan fingerprint density at radius 3 is 2.58 bits per heavy atom. The van der Waals surface area contributed by atoms with Crippen LogP contribution in [0.4, 0.5) is 0 Å². The van der Waals surface area contributed by atoms with Crippen molar-refractivity contribution in [2.24, 2.45) is 0 Å². The van der Waals surface area contributed by atoms with Crippen LogP contribution in [0.1, 0.15) is 31.3 Å². The van der Waals surface area contributed by atoms with Gasteiger partial charge in [-0.15, -0.1) is 5.10 Å². The Balaban J connectivity index is 2.80. The highest BCUT2D eigenvalue weighted by atomic mass is 16.4. The number of carbonyl (C=O) groups is 2. The van der Waals surface area contributed by atoms with Gasteiger partial charge in [0.25, 0.3) is 5.91 Å². The van der Waals surface area contributed by atoms with Crippen molar-refractivity contribution in [3.05, 3.63) is 11.9 Å². The average molecular weight is 270 g/mol. The van der Waals surface area contributed by atoms with Crippen molar-refractivity contribution in [2.75, 3.05) is 13.1 Å². The molecule has 0 atom stereocenters.